The lowest BCUT2D eigenvalue weighted by Crippen LogP contribution is -2.26. The number of carbonyl (C=O) groups is 1. The van der Waals surface area contributed by atoms with Gasteiger partial charge in [0.2, 0.25) is 5.91 Å². The van der Waals surface area contributed by atoms with E-state index >= 15 is 0 Å². The third kappa shape index (κ3) is 4.96. The Bertz CT molecular complexity index is 1090. The van der Waals surface area contributed by atoms with Gasteiger partial charge in [-0.05, 0) is 36.6 Å². The van der Waals surface area contributed by atoms with Crippen LogP contribution in [0.15, 0.2) is 53.9 Å². The van der Waals surface area contributed by atoms with Gasteiger partial charge in [0.05, 0.1) is 23.4 Å². The number of amides is 1. The maximum atomic E-state index is 13.3. The first-order chi connectivity index (χ1) is 15.5. The minimum Gasteiger partial charge on any atom is -0.497 e. The van der Waals surface area contributed by atoms with Gasteiger partial charge in [-0.3, -0.25) is 19.8 Å². The maximum Gasteiger partial charge on any atom is 0.269 e. The molecule has 1 fully saturated rings. The van der Waals surface area contributed by atoms with E-state index in [9.17, 15) is 14.9 Å². The molecule has 1 amide bonds. The van der Waals surface area contributed by atoms with Crippen LogP contribution in [0.25, 0.3) is 11.3 Å². The molecule has 0 saturated heterocycles. The number of nitro groups is 1. The molecule has 1 saturated carbocycles. The van der Waals surface area contributed by atoms with Crippen molar-refractivity contribution in [3.63, 3.8) is 0 Å². The molecule has 32 heavy (non-hydrogen) atoms. The molecule has 1 aliphatic rings. The second kappa shape index (κ2) is 9.91. The number of thiazole rings is 1. The number of hydrogen-bond donors (Lipinski definition) is 0. The average Bonchev–Trinajstić information content (AvgIpc) is 3.51. The summed E-state index contributed by atoms with van der Waals surface area (Å²) in [4.78, 5) is 30.2. The fourth-order valence-electron chi connectivity index (χ4n) is 4.10. The molecule has 166 valence electrons. The predicted octanol–water partition coefficient (Wildman–Crippen LogP) is 6.36. The van der Waals surface area contributed by atoms with Crippen LogP contribution in [-0.4, -0.2) is 22.9 Å². The smallest absolute Gasteiger partial charge is 0.269 e. The molecule has 4 rings (SSSR count). The van der Waals surface area contributed by atoms with Crippen molar-refractivity contribution in [3.8, 4) is 17.0 Å². The number of non-ortho nitro benzene ring substituents is 1. The normalized spacial score (nSPS) is 13.8. The number of ether oxygens (including phenoxy) is 1. The quantitative estimate of drug-likeness (QED) is 0.294. The zero-order valence-corrected chi connectivity index (χ0v) is 18.7. The van der Waals surface area contributed by atoms with E-state index in [0.29, 0.717) is 34.6 Å². The zero-order chi connectivity index (χ0) is 22.5. The van der Waals surface area contributed by atoms with Gasteiger partial charge in [-0.15, -0.1) is 11.3 Å². The number of carbonyl (C=O) groups excluding carboxylic acids is 1. The molecule has 1 heterocycles. The summed E-state index contributed by atoms with van der Waals surface area (Å²) in [7, 11) is 1.60. The minimum atomic E-state index is -0.427. The highest BCUT2D eigenvalue weighted by molar-refractivity contribution is 7.14. The van der Waals surface area contributed by atoms with Crippen molar-refractivity contribution in [2.24, 2.45) is 5.92 Å². The Kier molecular flexibility index (Phi) is 6.80. The predicted molar refractivity (Wildman–Crippen MR) is 126 cm³/mol. The maximum absolute atomic E-state index is 13.3. The fraction of sp³-hybridized carbons (Fsp3) is 0.333. The van der Waals surface area contributed by atoms with Crippen molar-refractivity contribution >= 4 is 33.8 Å². The van der Waals surface area contributed by atoms with Crippen LogP contribution in [0.2, 0.25) is 0 Å². The molecule has 0 atom stereocenters. The van der Waals surface area contributed by atoms with E-state index in [1.165, 1.54) is 49.2 Å². The molecule has 3 aromatic rings. The number of nitro benzene ring substituents is 1. The number of rotatable bonds is 8. The number of benzene rings is 2. The highest BCUT2D eigenvalue weighted by Crippen LogP contribution is 2.36. The van der Waals surface area contributed by atoms with Crippen LogP contribution >= 0.6 is 11.3 Å². The van der Waals surface area contributed by atoms with E-state index in [1.54, 1.807) is 24.1 Å². The van der Waals surface area contributed by atoms with E-state index in [-0.39, 0.29) is 11.6 Å². The second-order valence-corrected chi connectivity index (χ2v) is 8.78. The summed E-state index contributed by atoms with van der Waals surface area (Å²) in [5, 5.41) is 13.4. The summed E-state index contributed by atoms with van der Waals surface area (Å²) in [6, 6.07) is 13.7. The monoisotopic (exact) mass is 451 g/mol. The van der Waals surface area contributed by atoms with Crippen LogP contribution in [0, 0.1) is 16.0 Å². The van der Waals surface area contributed by atoms with Crippen molar-refractivity contribution in [2.45, 2.75) is 38.5 Å². The number of hydrogen-bond acceptors (Lipinski definition) is 6. The number of methoxy groups -OCH3 is 1. The molecule has 0 unspecified atom stereocenters. The Labute approximate surface area is 190 Å². The van der Waals surface area contributed by atoms with Crippen LogP contribution in [0.1, 0.15) is 38.5 Å². The SMILES string of the molecule is COc1cccc(N(C(=O)CCC2CCCC2)c2nc(-c3ccc([N+](=O)[O-])cc3)cs2)c1. The Morgan fingerprint density at radius 1 is 1.22 bits per heavy atom. The summed E-state index contributed by atoms with van der Waals surface area (Å²) in [6.45, 7) is 0. The number of aromatic nitrogens is 1. The van der Waals surface area contributed by atoms with Crippen molar-refractivity contribution in [3.05, 3.63) is 64.0 Å². The first kappa shape index (κ1) is 22.0. The van der Waals surface area contributed by atoms with E-state index in [2.05, 4.69) is 0 Å². The molecule has 0 N–H and O–H groups in total. The van der Waals surface area contributed by atoms with Crippen molar-refractivity contribution < 1.29 is 14.5 Å². The Morgan fingerprint density at radius 2 is 1.97 bits per heavy atom. The lowest BCUT2D eigenvalue weighted by Gasteiger charge is -2.21. The first-order valence-electron chi connectivity index (χ1n) is 10.7. The highest BCUT2D eigenvalue weighted by atomic mass is 32.1. The molecule has 8 heteroatoms. The van der Waals surface area contributed by atoms with Gasteiger partial charge in [0.1, 0.15) is 5.75 Å². The molecular weight excluding hydrogens is 426 g/mol. The second-order valence-electron chi connectivity index (χ2n) is 7.94. The van der Waals surface area contributed by atoms with Crippen LogP contribution in [0.4, 0.5) is 16.5 Å². The van der Waals surface area contributed by atoms with Gasteiger partial charge in [-0.1, -0.05) is 31.7 Å². The van der Waals surface area contributed by atoms with E-state index in [0.717, 1.165) is 12.0 Å². The molecule has 0 radical (unpaired) electrons. The molecule has 0 spiro atoms. The Morgan fingerprint density at radius 3 is 2.66 bits per heavy atom. The molecule has 2 aromatic carbocycles. The highest BCUT2D eigenvalue weighted by Gasteiger charge is 2.24. The van der Waals surface area contributed by atoms with Gasteiger partial charge in [-0.2, -0.15) is 0 Å². The standard InChI is InChI=1S/C24H25N3O4S/c1-31-21-8-4-7-20(15-21)26(23(28)14-9-17-5-2-3-6-17)24-25-22(16-32-24)18-10-12-19(13-11-18)27(29)30/h4,7-8,10-13,15-17H,2-3,5-6,9,14H2,1H3. The summed E-state index contributed by atoms with van der Waals surface area (Å²) >= 11 is 1.38. The van der Waals surface area contributed by atoms with Crippen LogP contribution in [-0.2, 0) is 4.79 Å². The van der Waals surface area contributed by atoms with Crippen LogP contribution in [0.3, 0.4) is 0 Å². The minimum absolute atomic E-state index is 0.00903. The topological polar surface area (TPSA) is 85.6 Å². The molecular formula is C24H25N3O4S. The third-order valence-electron chi connectivity index (χ3n) is 5.86. The molecule has 1 aromatic heterocycles. The van der Waals surface area contributed by atoms with Gasteiger partial charge in [0, 0.05) is 35.6 Å². The lowest BCUT2D eigenvalue weighted by atomic mass is 10.0. The average molecular weight is 452 g/mol. The van der Waals surface area contributed by atoms with Crippen molar-refractivity contribution in [1.82, 2.24) is 4.98 Å². The molecule has 0 aliphatic heterocycles. The van der Waals surface area contributed by atoms with E-state index in [1.807, 2.05) is 29.6 Å². The van der Waals surface area contributed by atoms with Crippen LogP contribution < -0.4 is 9.64 Å². The van der Waals surface area contributed by atoms with Crippen LogP contribution in [0.5, 0.6) is 5.75 Å². The molecule has 0 bridgehead atoms. The summed E-state index contributed by atoms with van der Waals surface area (Å²) in [6.07, 6.45) is 6.27. The first-order valence-corrected chi connectivity index (χ1v) is 11.6. The Balaban J connectivity index is 1.61. The van der Waals surface area contributed by atoms with Gasteiger partial charge in [0.25, 0.3) is 5.69 Å². The summed E-state index contributed by atoms with van der Waals surface area (Å²) < 4.78 is 5.36. The fourth-order valence-corrected chi connectivity index (χ4v) is 4.97. The van der Waals surface area contributed by atoms with E-state index < -0.39 is 4.92 Å². The number of nitrogens with zero attached hydrogens (tertiary/aromatic N) is 3. The van der Waals surface area contributed by atoms with Crippen molar-refractivity contribution in [2.75, 3.05) is 12.0 Å². The Hall–Kier alpha value is -3.26. The summed E-state index contributed by atoms with van der Waals surface area (Å²) in [5.74, 6) is 1.30. The van der Waals surface area contributed by atoms with Gasteiger partial charge in [-0.25, -0.2) is 4.98 Å². The van der Waals surface area contributed by atoms with Gasteiger partial charge >= 0.3 is 0 Å². The summed E-state index contributed by atoms with van der Waals surface area (Å²) in [5.41, 5.74) is 2.19. The van der Waals surface area contributed by atoms with Gasteiger partial charge < -0.3 is 4.74 Å². The lowest BCUT2D eigenvalue weighted by molar-refractivity contribution is -0.384. The molecule has 7 nitrogen and oxygen atoms in total. The van der Waals surface area contributed by atoms with Crippen molar-refractivity contribution in [1.29, 1.82) is 0 Å². The third-order valence-corrected chi connectivity index (χ3v) is 6.69. The number of anilines is 2. The van der Waals surface area contributed by atoms with Gasteiger partial charge in [0.15, 0.2) is 5.13 Å². The van der Waals surface area contributed by atoms with E-state index in [4.69, 9.17) is 9.72 Å². The molecule has 1 aliphatic carbocycles. The zero-order valence-electron chi connectivity index (χ0n) is 17.9. The largest absolute Gasteiger partial charge is 0.497 e.